The molecule has 0 radical (unpaired) electrons. The Morgan fingerprint density at radius 1 is 1.24 bits per heavy atom. The van der Waals surface area contributed by atoms with Crippen LogP contribution in [0.5, 0.6) is 0 Å². The monoisotopic (exact) mass is 357 g/mol. The van der Waals surface area contributed by atoms with Crippen molar-refractivity contribution in [1.29, 1.82) is 0 Å². The van der Waals surface area contributed by atoms with Gasteiger partial charge in [0.05, 0.1) is 23.4 Å². The fourth-order valence-electron chi connectivity index (χ4n) is 2.22. The van der Waals surface area contributed by atoms with Crippen molar-refractivity contribution in [3.05, 3.63) is 41.9 Å². The van der Waals surface area contributed by atoms with E-state index < -0.39 is 5.97 Å². The Kier molecular flexibility index (Phi) is 5.18. The van der Waals surface area contributed by atoms with Crippen LogP contribution in [0.15, 0.2) is 35.5 Å². The standard InChI is InChI=1S/C17H19N5O2S/c1-4-24-16(23)13-9-15(22(2)3)21-14(18-13)10-25-17-19-11-7-5-6-8-12(11)20-17/h5-9H,4,10H2,1-3H3,(H,19,20). The quantitative estimate of drug-likeness (QED) is 0.536. The molecule has 0 fully saturated rings. The average Bonchev–Trinajstić information content (AvgIpc) is 3.03. The fourth-order valence-corrected chi connectivity index (χ4v) is 2.96. The van der Waals surface area contributed by atoms with E-state index in [1.54, 1.807) is 13.0 Å². The lowest BCUT2D eigenvalue weighted by molar-refractivity contribution is 0.0519. The third-order valence-corrected chi connectivity index (χ3v) is 4.28. The second-order valence-electron chi connectivity index (χ2n) is 5.49. The average molecular weight is 357 g/mol. The highest BCUT2D eigenvalue weighted by molar-refractivity contribution is 7.98. The number of aromatic nitrogens is 4. The Morgan fingerprint density at radius 2 is 2.04 bits per heavy atom. The van der Waals surface area contributed by atoms with Crippen molar-refractivity contribution in [2.45, 2.75) is 17.8 Å². The van der Waals surface area contributed by atoms with Crippen molar-refractivity contribution in [3.63, 3.8) is 0 Å². The SMILES string of the molecule is CCOC(=O)c1cc(N(C)C)nc(CSc2nc3ccccc3[nH]2)n1. The third-order valence-electron chi connectivity index (χ3n) is 3.41. The highest BCUT2D eigenvalue weighted by atomic mass is 32.2. The molecule has 0 amide bonds. The van der Waals surface area contributed by atoms with Gasteiger partial charge in [-0.1, -0.05) is 23.9 Å². The number of esters is 1. The number of imidazole rings is 1. The highest BCUT2D eigenvalue weighted by Crippen LogP contribution is 2.23. The summed E-state index contributed by atoms with van der Waals surface area (Å²) in [7, 11) is 3.74. The van der Waals surface area contributed by atoms with Gasteiger partial charge in [0.25, 0.3) is 0 Å². The molecule has 1 N–H and O–H groups in total. The topological polar surface area (TPSA) is 84.0 Å². The van der Waals surface area contributed by atoms with Gasteiger partial charge in [-0.3, -0.25) is 0 Å². The molecule has 0 aliphatic carbocycles. The molecule has 8 heteroatoms. The smallest absolute Gasteiger partial charge is 0.357 e. The molecule has 3 rings (SSSR count). The van der Waals surface area contributed by atoms with Crippen LogP contribution in [0.3, 0.4) is 0 Å². The van der Waals surface area contributed by atoms with Gasteiger partial charge >= 0.3 is 5.97 Å². The van der Waals surface area contributed by atoms with E-state index >= 15 is 0 Å². The van der Waals surface area contributed by atoms with Crippen LogP contribution >= 0.6 is 11.8 Å². The third kappa shape index (κ3) is 4.08. The zero-order valence-corrected chi connectivity index (χ0v) is 15.1. The van der Waals surface area contributed by atoms with Gasteiger partial charge in [-0.15, -0.1) is 0 Å². The number of H-pyrrole nitrogens is 1. The molecular weight excluding hydrogens is 338 g/mol. The maximum Gasteiger partial charge on any atom is 0.357 e. The number of benzene rings is 1. The molecule has 0 aliphatic heterocycles. The molecule has 130 valence electrons. The van der Waals surface area contributed by atoms with Crippen molar-refractivity contribution >= 4 is 34.6 Å². The van der Waals surface area contributed by atoms with Crippen LogP contribution in [0.2, 0.25) is 0 Å². The maximum absolute atomic E-state index is 12.0. The molecule has 0 spiro atoms. The molecular formula is C17H19N5O2S. The van der Waals surface area contributed by atoms with Crippen LogP contribution in [0.1, 0.15) is 23.2 Å². The lowest BCUT2D eigenvalue weighted by Gasteiger charge is -2.13. The summed E-state index contributed by atoms with van der Waals surface area (Å²) >= 11 is 1.49. The van der Waals surface area contributed by atoms with E-state index in [0.29, 0.717) is 24.0 Å². The number of carbonyl (C=O) groups excluding carboxylic acids is 1. The molecule has 0 aliphatic rings. The summed E-state index contributed by atoms with van der Waals surface area (Å²) in [6.07, 6.45) is 0. The van der Waals surface area contributed by atoms with Gasteiger partial charge in [0.15, 0.2) is 10.9 Å². The number of fused-ring (bicyclic) bond motifs is 1. The lowest BCUT2D eigenvalue weighted by Crippen LogP contribution is -2.16. The predicted octanol–water partition coefficient (Wildman–Crippen LogP) is 2.89. The van der Waals surface area contributed by atoms with Crippen molar-refractivity contribution < 1.29 is 9.53 Å². The molecule has 2 heterocycles. The van der Waals surface area contributed by atoms with E-state index in [1.807, 2.05) is 43.3 Å². The number of carbonyl (C=O) groups is 1. The molecule has 7 nitrogen and oxygen atoms in total. The Hall–Kier alpha value is -2.61. The van der Waals surface area contributed by atoms with Crippen LogP contribution < -0.4 is 4.90 Å². The summed E-state index contributed by atoms with van der Waals surface area (Å²) in [6.45, 7) is 2.08. The van der Waals surface area contributed by atoms with Gasteiger partial charge in [-0.25, -0.2) is 19.7 Å². The molecule has 25 heavy (non-hydrogen) atoms. The number of aromatic amines is 1. The number of hydrogen-bond acceptors (Lipinski definition) is 7. The van der Waals surface area contributed by atoms with Crippen LogP contribution in [-0.4, -0.2) is 46.6 Å². The van der Waals surface area contributed by atoms with Crippen molar-refractivity contribution in [2.24, 2.45) is 0 Å². The van der Waals surface area contributed by atoms with E-state index in [2.05, 4.69) is 19.9 Å². The molecule has 0 unspecified atom stereocenters. The Labute approximate surface area is 149 Å². The molecule has 0 saturated carbocycles. The number of nitrogens with one attached hydrogen (secondary N) is 1. The van der Waals surface area contributed by atoms with Crippen molar-refractivity contribution in [3.8, 4) is 0 Å². The second kappa shape index (κ2) is 7.52. The zero-order valence-electron chi connectivity index (χ0n) is 14.3. The van der Waals surface area contributed by atoms with Gasteiger partial charge in [-0.2, -0.15) is 0 Å². The van der Waals surface area contributed by atoms with Crippen LogP contribution in [0.4, 0.5) is 5.82 Å². The normalized spacial score (nSPS) is 10.8. The first kappa shape index (κ1) is 17.2. The van der Waals surface area contributed by atoms with E-state index in [4.69, 9.17) is 4.74 Å². The molecule has 0 saturated heterocycles. The summed E-state index contributed by atoms with van der Waals surface area (Å²) in [5.74, 6) is 1.27. The first-order valence-electron chi connectivity index (χ1n) is 7.86. The van der Waals surface area contributed by atoms with Crippen molar-refractivity contribution in [2.75, 3.05) is 25.6 Å². The Balaban J connectivity index is 1.81. The summed E-state index contributed by atoms with van der Waals surface area (Å²) in [4.78, 5) is 30.4. The van der Waals surface area contributed by atoms with Gasteiger partial charge < -0.3 is 14.6 Å². The summed E-state index contributed by atoms with van der Waals surface area (Å²) in [5.41, 5.74) is 2.17. The number of nitrogens with zero attached hydrogens (tertiary/aromatic N) is 4. The minimum atomic E-state index is -0.442. The molecule has 0 bridgehead atoms. The number of para-hydroxylation sites is 2. The number of rotatable bonds is 6. The predicted molar refractivity (Wildman–Crippen MR) is 98.0 cm³/mol. The lowest BCUT2D eigenvalue weighted by atomic mass is 10.3. The first-order chi connectivity index (χ1) is 12.1. The van der Waals surface area contributed by atoms with Gasteiger partial charge in [0.1, 0.15) is 11.6 Å². The number of ether oxygens (including phenoxy) is 1. The zero-order chi connectivity index (χ0) is 17.8. The minimum Gasteiger partial charge on any atom is -0.461 e. The largest absolute Gasteiger partial charge is 0.461 e. The van der Waals surface area contributed by atoms with Gasteiger partial charge in [0.2, 0.25) is 0 Å². The van der Waals surface area contributed by atoms with E-state index in [1.165, 1.54) is 11.8 Å². The highest BCUT2D eigenvalue weighted by Gasteiger charge is 2.14. The summed E-state index contributed by atoms with van der Waals surface area (Å²) in [6, 6.07) is 9.48. The Bertz CT molecular complexity index is 861. The fraction of sp³-hybridized carbons (Fsp3) is 0.294. The Morgan fingerprint density at radius 3 is 2.76 bits per heavy atom. The van der Waals surface area contributed by atoms with E-state index in [-0.39, 0.29) is 5.69 Å². The molecule has 0 atom stereocenters. The van der Waals surface area contributed by atoms with E-state index in [9.17, 15) is 4.79 Å². The number of hydrogen-bond donors (Lipinski definition) is 1. The molecule has 2 aromatic heterocycles. The summed E-state index contributed by atoms with van der Waals surface area (Å²) < 4.78 is 5.05. The van der Waals surface area contributed by atoms with Crippen LogP contribution in [0, 0.1) is 0 Å². The van der Waals surface area contributed by atoms with Gasteiger partial charge in [0, 0.05) is 20.2 Å². The summed E-state index contributed by atoms with van der Waals surface area (Å²) in [5, 5.41) is 0.790. The van der Waals surface area contributed by atoms with E-state index in [0.717, 1.165) is 16.2 Å². The van der Waals surface area contributed by atoms with Crippen molar-refractivity contribution in [1.82, 2.24) is 19.9 Å². The number of anilines is 1. The minimum absolute atomic E-state index is 0.265. The first-order valence-corrected chi connectivity index (χ1v) is 8.85. The second-order valence-corrected chi connectivity index (χ2v) is 6.45. The number of thioether (sulfide) groups is 1. The molecule has 3 aromatic rings. The van der Waals surface area contributed by atoms with Crippen LogP contribution in [0.25, 0.3) is 11.0 Å². The molecule has 1 aromatic carbocycles. The maximum atomic E-state index is 12.0. The van der Waals surface area contributed by atoms with Crippen LogP contribution in [-0.2, 0) is 10.5 Å². The van der Waals surface area contributed by atoms with Gasteiger partial charge in [-0.05, 0) is 19.1 Å².